The van der Waals surface area contributed by atoms with Gasteiger partial charge in [0, 0.05) is 37.5 Å². The van der Waals surface area contributed by atoms with E-state index < -0.39 is 11.9 Å². The average molecular weight is 774 g/mol. The fourth-order valence-corrected chi connectivity index (χ4v) is 6.47. The largest absolute Gasteiger partial charge is 0.477 e. The molecule has 2 fully saturated rings. The maximum Gasteiger partial charge on any atom is 0.354 e. The van der Waals surface area contributed by atoms with Crippen molar-refractivity contribution >= 4 is 23.7 Å². The van der Waals surface area contributed by atoms with E-state index in [1.165, 1.54) is 12.1 Å². The number of aromatic nitrogens is 2. The molecule has 0 amide bonds. The van der Waals surface area contributed by atoms with Crippen LogP contribution in [0.4, 0.5) is 0 Å². The van der Waals surface area contributed by atoms with Gasteiger partial charge >= 0.3 is 11.9 Å². The van der Waals surface area contributed by atoms with Gasteiger partial charge in [-0.25, -0.2) is 19.6 Å². The Morgan fingerprint density at radius 2 is 1.44 bits per heavy atom. The summed E-state index contributed by atoms with van der Waals surface area (Å²) in [5, 5.41) is 37.5. The van der Waals surface area contributed by atoms with Crippen molar-refractivity contribution in [1.82, 2.24) is 19.8 Å². The first-order chi connectivity index (χ1) is 25.9. The molecule has 0 spiro atoms. The Morgan fingerprint density at radius 1 is 0.870 bits per heavy atom. The van der Waals surface area contributed by atoms with Gasteiger partial charge in [-0.3, -0.25) is 9.80 Å². The van der Waals surface area contributed by atoms with Gasteiger partial charge in [-0.05, 0) is 87.9 Å². The molecule has 15 heteroatoms. The Labute approximate surface area is 324 Å². The second-order valence-corrected chi connectivity index (χ2v) is 15.9. The summed E-state index contributed by atoms with van der Waals surface area (Å²) < 4.78 is 24.4. The Hall–Kier alpha value is -3.20. The third-order valence-electron chi connectivity index (χ3n) is 9.19. The van der Waals surface area contributed by atoms with Crippen LogP contribution in [0, 0.1) is 16.6 Å². The molecule has 14 nitrogen and oxygen atoms in total. The van der Waals surface area contributed by atoms with Gasteiger partial charge < -0.3 is 34.3 Å². The van der Waals surface area contributed by atoms with Crippen molar-refractivity contribution in [1.29, 1.82) is 5.26 Å². The van der Waals surface area contributed by atoms with Gasteiger partial charge in [-0.2, -0.15) is 5.26 Å². The molecule has 54 heavy (non-hydrogen) atoms. The lowest BCUT2D eigenvalue weighted by Gasteiger charge is -2.33. The highest BCUT2D eigenvalue weighted by Crippen LogP contribution is 2.28. The van der Waals surface area contributed by atoms with Gasteiger partial charge in [0.15, 0.2) is 0 Å². The molecule has 0 radical (unpaired) electrons. The van der Waals surface area contributed by atoms with E-state index in [0.717, 1.165) is 49.6 Å². The zero-order valence-corrected chi connectivity index (χ0v) is 33.0. The van der Waals surface area contributed by atoms with Gasteiger partial charge in [0.1, 0.15) is 16.8 Å². The van der Waals surface area contributed by atoms with Crippen molar-refractivity contribution in [3.05, 3.63) is 59.2 Å². The molecule has 0 bridgehead atoms. The summed E-state index contributed by atoms with van der Waals surface area (Å²) >= 11 is 1.09. The quantitative estimate of drug-likeness (QED) is 0.255. The number of hydrogen-bond donors (Lipinski definition) is 3. The molecule has 1 saturated heterocycles. The summed E-state index contributed by atoms with van der Waals surface area (Å²) in [7, 11) is 0. The number of aliphatic hydroxyl groups is 1. The SMILES string of the molecule is CC(C)(CO)SC#N.CC(C)CCC(c1cccc(C(=O)O)n1)N1CCOCCOCCN(Cc2cccc(C(=O)O)n2)CCOC2CCCC2OCC1. The van der Waals surface area contributed by atoms with Crippen LogP contribution in [0.15, 0.2) is 36.4 Å². The highest BCUT2D eigenvalue weighted by Gasteiger charge is 2.30. The number of nitriles is 1. The van der Waals surface area contributed by atoms with E-state index >= 15 is 0 Å². The predicted molar refractivity (Wildman–Crippen MR) is 205 cm³/mol. The third-order valence-corrected chi connectivity index (χ3v) is 9.97. The number of ether oxygens (including phenoxy) is 4. The minimum atomic E-state index is -1.04. The van der Waals surface area contributed by atoms with E-state index in [1.807, 2.05) is 31.4 Å². The standard InChI is InChI=1S/C34H50N4O8.C5H9NOS/c1-25(2)12-13-30(27-7-4-9-29(36-27)34(41)42)38-16-19-44-23-22-43-18-14-37(24-26-6-3-8-28(35-26)33(39)40)15-20-45-31-10-5-11-32(31)46-21-17-38;1-5(2,3-7)8-4-6/h3-4,6-9,25,30-32H,5,10-24H2,1-2H3,(H,39,40)(H,41,42);7H,3H2,1-2H3. The number of carbonyl (C=O) groups is 2. The first kappa shape index (κ1) is 45.2. The van der Waals surface area contributed by atoms with Crippen LogP contribution in [-0.4, -0.2) is 136 Å². The lowest BCUT2D eigenvalue weighted by molar-refractivity contribution is -0.0689. The summed E-state index contributed by atoms with van der Waals surface area (Å²) in [4.78, 5) is 36.4. The van der Waals surface area contributed by atoms with E-state index in [-0.39, 0.29) is 41.0 Å². The normalized spacial score (nSPS) is 20.8. The van der Waals surface area contributed by atoms with Crippen LogP contribution < -0.4 is 0 Å². The molecule has 2 aromatic heterocycles. The number of thiocyanates is 1. The molecule has 3 unspecified atom stereocenters. The van der Waals surface area contributed by atoms with Crippen molar-refractivity contribution in [3.8, 4) is 5.40 Å². The molecule has 1 aliphatic heterocycles. The van der Waals surface area contributed by atoms with Crippen LogP contribution in [0.25, 0.3) is 0 Å². The van der Waals surface area contributed by atoms with E-state index in [4.69, 9.17) is 29.3 Å². The van der Waals surface area contributed by atoms with Crippen LogP contribution in [-0.2, 0) is 25.5 Å². The molecule has 300 valence electrons. The number of rotatable bonds is 11. The zero-order valence-electron chi connectivity index (χ0n) is 32.2. The lowest BCUT2D eigenvalue weighted by atomic mass is 9.99. The topological polar surface area (TPSA) is 188 Å². The molecule has 2 aromatic rings. The maximum atomic E-state index is 11.7. The lowest BCUT2D eigenvalue weighted by Crippen LogP contribution is -2.38. The maximum absolute atomic E-state index is 11.7. The molecule has 1 aliphatic carbocycles. The zero-order chi connectivity index (χ0) is 39.3. The van der Waals surface area contributed by atoms with Crippen LogP contribution in [0.1, 0.15) is 98.2 Å². The van der Waals surface area contributed by atoms with E-state index in [9.17, 15) is 19.8 Å². The Kier molecular flexibility index (Phi) is 20.4. The fourth-order valence-electron chi connectivity index (χ4n) is 6.16. The number of pyridine rings is 2. The van der Waals surface area contributed by atoms with Crippen molar-refractivity contribution in [2.45, 2.75) is 89.3 Å². The molecular weight excluding hydrogens is 715 g/mol. The second kappa shape index (κ2) is 24.3. The number of aromatic carboxylic acids is 2. The van der Waals surface area contributed by atoms with Gasteiger partial charge in [-0.1, -0.05) is 26.0 Å². The summed E-state index contributed by atoms with van der Waals surface area (Å²) in [6, 6.07) is 10.2. The highest BCUT2D eigenvalue weighted by molar-refractivity contribution is 8.05. The Balaban J connectivity index is 0.000000879. The molecule has 0 aromatic carbocycles. The van der Waals surface area contributed by atoms with Crippen molar-refractivity contribution in [3.63, 3.8) is 0 Å². The van der Waals surface area contributed by atoms with Crippen LogP contribution in [0.3, 0.4) is 0 Å². The second-order valence-electron chi connectivity index (χ2n) is 14.5. The van der Waals surface area contributed by atoms with Gasteiger partial charge in [0.2, 0.25) is 0 Å². The first-order valence-electron chi connectivity index (χ1n) is 18.8. The molecule has 2 aliphatic rings. The molecule has 3 N–H and O–H groups in total. The van der Waals surface area contributed by atoms with Gasteiger partial charge in [0.25, 0.3) is 0 Å². The number of aliphatic hydroxyl groups excluding tert-OH is 1. The fraction of sp³-hybridized carbons (Fsp3) is 0.667. The average Bonchev–Trinajstić information content (AvgIpc) is 3.59. The summed E-state index contributed by atoms with van der Waals surface area (Å²) in [6.07, 6.45) is 4.76. The molecule has 3 heterocycles. The summed E-state index contributed by atoms with van der Waals surface area (Å²) in [5.41, 5.74) is 1.52. The van der Waals surface area contributed by atoms with Crippen molar-refractivity contribution in [2.75, 3.05) is 72.4 Å². The first-order valence-corrected chi connectivity index (χ1v) is 19.7. The van der Waals surface area contributed by atoms with E-state index in [2.05, 4.69) is 33.6 Å². The molecular formula is C39H59N5O9S. The number of carboxylic acids is 2. The summed E-state index contributed by atoms with van der Waals surface area (Å²) in [6.45, 7) is 14.1. The minimum absolute atomic E-state index is 0.00487. The summed E-state index contributed by atoms with van der Waals surface area (Å²) in [5.74, 6) is -1.58. The number of thioether (sulfide) groups is 1. The van der Waals surface area contributed by atoms with Crippen LogP contribution in [0.5, 0.6) is 0 Å². The Morgan fingerprint density at radius 3 is 2.04 bits per heavy atom. The molecule has 3 atom stereocenters. The van der Waals surface area contributed by atoms with Crippen molar-refractivity contribution < 1.29 is 43.9 Å². The van der Waals surface area contributed by atoms with Crippen molar-refractivity contribution in [2.24, 2.45) is 5.92 Å². The van der Waals surface area contributed by atoms with Crippen LogP contribution in [0.2, 0.25) is 0 Å². The smallest absolute Gasteiger partial charge is 0.354 e. The number of fused-ring (bicyclic) bond motifs is 1. The van der Waals surface area contributed by atoms with E-state index in [1.54, 1.807) is 12.1 Å². The molecule has 1 saturated carbocycles. The monoisotopic (exact) mass is 773 g/mol. The van der Waals surface area contributed by atoms with E-state index in [0.29, 0.717) is 84.0 Å². The van der Waals surface area contributed by atoms with Crippen LogP contribution >= 0.6 is 11.8 Å². The predicted octanol–water partition coefficient (Wildman–Crippen LogP) is 5.13. The number of hydrogen-bond acceptors (Lipinski definition) is 13. The number of carboxylic acid groups (broad SMARTS) is 2. The highest BCUT2D eigenvalue weighted by atomic mass is 32.2. The third kappa shape index (κ3) is 16.7. The van der Waals surface area contributed by atoms with Gasteiger partial charge in [-0.15, -0.1) is 0 Å². The van der Waals surface area contributed by atoms with Gasteiger partial charge in [0.05, 0.1) is 75.9 Å². The number of nitrogens with zero attached hydrogens (tertiary/aromatic N) is 5. The minimum Gasteiger partial charge on any atom is -0.477 e. The molecule has 4 rings (SSSR count). The Bertz CT molecular complexity index is 1460.